The van der Waals surface area contributed by atoms with E-state index in [1.54, 1.807) is 12.2 Å². The quantitative estimate of drug-likeness (QED) is 0.498. The van der Waals surface area contributed by atoms with Crippen LogP contribution < -0.4 is 0 Å². The van der Waals surface area contributed by atoms with E-state index in [9.17, 15) is 4.79 Å². The second-order valence-electron chi connectivity index (χ2n) is 1.25. The minimum atomic E-state index is -0.232. The van der Waals surface area contributed by atoms with Crippen molar-refractivity contribution < 1.29 is 9.53 Å². The van der Waals surface area contributed by atoms with Gasteiger partial charge in [0.15, 0.2) is 0 Å². The number of ether oxygens (including phenoxy) is 1. The lowest BCUT2D eigenvalue weighted by Gasteiger charge is -1.89. The predicted molar refractivity (Wildman–Crippen MR) is 31.1 cm³/mol. The van der Waals surface area contributed by atoms with Gasteiger partial charge in [-0.15, -0.1) is 0 Å². The standard InChI is InChI=1S/C6H9O2/c1-3-4-5-6(7)8-2/h3-4H,1,5H2,2H3/b4-3+. The molecule has 45 valence electrons. The van der Waals surface area contributed by atoms with Gasteiger partial charge in [0, 0.05) is 0 Å². The van der Waals surface area contributed by atoms with Gasteiger partial charge < -0.3 is 4.74 Å². The van der Waals surface area contributed by atoms with Crippen molar-refractivity contribution in [3.05, 3.63) is 19.1 Å². The highest BCUT2D eigenvalue weighted by molar-refractivity contribution is 5.70. The molecule has 0 aromatic heterocycles. The van der Waals surface area contributed by atoms with E-state index in [0.29, 0.717) is 6.42 Å². The highest BCUT2D eigenvalue weighted by atomic mass is 16.5. The molecule has 0 aromatic rings. The molecule has 0 unspecified atom stereocenters. The molecule has 2 nitrogen and oxygen atoms in total. The molecule has 0 amide bonds. The molecule has 0 aliphatic heterocycles. The van der Waals surface area contributed by atoms with Gasteiger partial charge in [-0.3, -0.25) is 4.79 Å². The lowest BCUT2D eigenvalue weighted by molar-refractivity contribution is -0.139. The van der Waals surface area contributed by atoms with Crippen LogP contribution in [0.1, 0.15) is 6.42 Å². The number of hydrogen-bond acceptors (Lipinski definition) is 2. The fourth-order valence-corrected chi connectivity index (χ4v) is 0.263. The number of esters is 1. The Hall–Kier alpha value is -0.790. The zero-order valence-electron chi connectivity index (χ0n) is 4.89. The summed E-state index contributed by atoms with van der Waals surface area (Å²) >= 11 is 0. The Morgan fingerprint density at radius 1 is 1.88 bits per heavy atom. The molecule has 0 saturated heterocycles. The fourth-order valence-electron chi connectivity index (χ4n) is 0.263. The highest BCUT2D eigenvalue weighted by Gasteiger charge is 1.91. The first-order valence-electron chi connectivity index (χ1n) is 2.32. The summed E-state index contributed by atoms with van der Waals surface area (Å²) in [6.07, 6.45) is 3.53. The van der Waals surface area contributed by atoms with E-state index in [1.165, 1.54) is 7.11 Å². The van der Waals surface area contributed by atoms with Crippen LogP contribution in [0.15, 0.2) is 12.2 Å². The number of allylic oxidation sites excluding steroid dienone is 1. The Balaban J connectivity index is 3.25. The van der Waals surface area contributed by atoms with Crippen LogP contribution in [0, 0.1) is 6.92 Å². The Morgan fingerprint density at radius 2 is 2.50 bits per heavy atom. The van der Waals surface area contributed by atoms with Crippen molar-refractivity contribution >= 4 is 5.97 Å². The van der Waals surface area contributed by atoms with Crippen molar-refractivity contribution in [1.29, 1.82) is 0 Å². The second kappa shape index (κ2) is 4.37. The second-order valence-corrected chi connectivity index (χ2v) is 1.25. The van der Waals surface area contributed by atoms with Crippen LogP contribution in [0.3, 0.4) is 0 Å². The van der Waals surface area contributed by atoms with E-state index in [2.05, 4.69) is 11.7 Å². The van der Waals surface area contributed by atoms with E-state index in [0.717, 1.165) is 0 Å². The largest absolute Gasteiger partial charge is 0.469 e. The van der Waals surface area contributed by atoms with Gasteiger partial charge in [0.2, 0.25) is 0 Å². The summed E-state index contributed by atoms with van der Waals surface area (Å²) in [7, 11) is 1.36. The van der Waals surface area contributed by atoms with Crippen LogP contribution in [-0.4, -0.2) is 13.1 Å². The van der Waals surface area contributed by atoms with Gasteiger partial charge >= 0.3 is 5.97 Å². The summed E-state index contributed by atoms with van der Waals surface area (Å²) < 4.78 is 4.33. The first-order valence-corrected chi connectivity index (χ1v) is 2.32. The summed E-state index contributed by atoms with van der Waals surface area (Å²) in [4.78, 5) is 10.3. The molecule has 0 aliphatic rings. The van der Waals surface area contributed by atoms with Crippen molar-refractivity contribution in [1.82, 2.24) is 0 Å². The third-order valence-corrected chi connectivity index (χ3v) is 0.679. The molecule has 8 heavy (non-hydrogen) atoms. The van der Waals surface area contributed by atoms with Gasteiger partial charge in [-0.1, -0.05) is 12.2 Å². The van der Waals surface area contributed by atoms with Crippen molar-refractivity contribution in [3.8, 4) is 0 Å². The fraction of sp³-hybridized carbons (Fsp3) is 0.333. The van der Waals surface area contributed by atoms with Crippen molar-refractivity contribution in [2.75, 3.05) is 7.11 Å². The lowest BCUT2D eigenvalue weighted by Crippen LogP contribution is -1.96. The molecule has 0 fully saturated rings. The van der Waals surface area contributed by atoms with Crippen molar-refractivity contribution in [2.24, 2.45) is 0 Å². The van der Waals surface area contributed by atoms with E-state index < -0.39 is 0 Å². The molecule has 0 aliphatic carbocycles. The molecular formula is C6H9O2. The number of carbonyl (C=O) groups is 1. The van der Waals surface area contributed by atoms with Gasteiger partial charge in [0.25, 0.3) is 0 Å². The third-order valence-electron chi connectivity index (χ3n) is 0.679. The average Bonchev–Trinajstić information content (AvgIpc) is 1.83. The molecule has 0 atom stereocenters. The van der Waals surface area contributed by atoms with Gasteiger partial charge in [-0.05, 0) is 6.92 Å². The van der Waals surface area contributed by atoms with Crippen LogP contribution in [0.4, 0.5) is 0 Å². The molecule has 2 heteroatoms. The Morgan fingerprint density at radius 3 is 2.88 bits per heavy atom. The summed E-state index contributed by atoms with van der Waals surface area (Å²) in [6.45, 7) is 3.40. The van der Waals surface area contributed by atoms with Gasteiger partial charge in [0.05, 0.1) is 13.5 Å². The highest BCUT2D eigenvalue weighted by Crippen LogP contribution is 1.84. The van der Waals surface area contributed by atoms with E-state index >= 15 is 0 Å². The number of methoxy groups -OCH3 is 1. The number of carbonyl (C=O) groups excluding carboxylic acids is 1. The van der Waals surface area contributed by atoms with Crippen LogP contribution in [0.25, 0.3) is 0 Å². The van der Waals surface area contributed by atoms with E-state index in [1.807, 2.05) is 0 Å². The Bertz CT molecular complexity index is 94.7. The summed E-state index contributed by atoms with van der Waals surface area (Å²) in [5, 5.41) is 0. The zero-order valence-corrected chi connectivity index (χ0v) is 4.89. The third kappa shape index (κ3) is 3.40. The Kier molecular flexibility index (Phi) is 3.94. The Labute approximate surface area is 49.1 Å². The van der Waals surface area contributed by atoms with Crippen molar-refractivity contribution in [2.45, 2.75) is 6.42 Å². The molecule has 0 N–H and O–H groups in total. The monoisotopic (exact) mass is 113 g/mol. The minimum absolute atomic E-state index is 0.232. The van der Waals surface area contributed by atoms with Gasteiger partial charge in [0.1, 0.15) is 0 Å². The topological polar surface area (TPSA) is 26.3 Å². The molecule has 0 heterocycles. The maximum absolute atomic E-state index is 10.3. The van der Waals surface area contributed by atoms with Crippen LogP contribution in [0.5, 0.6) is 0 Å². The van der Waals surface area contributed by atoms with Gasteiger partial charge in [-0.25, -0.2) is 0 Å². The molecular weight excluding hydrogens is 104 g/mol. The van der Waals surface area contributed by atoms with Gasteiger partial charge in [-0.2, -0.15) is 0 Å². The molecule has 0 bridgehead atoms. The van der Waals surface area contributed by atoms with Crippen molar-refractivity contribution in [3.63, 3.8) is 0 Å². The SMILES string of the molecule is [CH2]/C=C/CC(=O)OC. The minimum Gasteiger partial charge on any atom is -0.469 e. The van der Waals surface area contributed by atoms with Crippen LogP contribution >= 0.6 is 0 Å². The van der Waals surface area contributed by atoms with E-state index in [4.69, 9.17) is 0 Å². The molecule has 0 aromatic carbocycles. The molecule has 0 rings (SSSR count). The average molecular weight is 113 g/mol. The van der Waals surface area contributed by atoms with Crippen LogP contribution in [-0.2, 0) is 9.53 Å². The first kappa shape index (κ1) is 7.21. The maximum atomic E-state index is 10.3. The normalized spacial score (nSPS) is 9.75. The zero-order chi connectivity index (χ0) is 6.41. The molecule has 0 saturated carbocycles. The smallest absolute Gasteiger partial charge is 0.309 e. The summed E-state index contributed by atoms with van der Waals surface area (Å²) in [6, 6.07) is 0. The summed E-state index contributed by atoms with van der Waals surface area (Å²) in [5.74, 6) is -0.232. The number of hydrogen-bond donors (Lipinski definition) is 0. The predicted octanol–water partition coefficient (Wildman–Crippen LogP) is 0.940. The van der Waals surface area contributed by atoms with E-state index in [-0.39, 0.29) is 5.97 Å². The number of rotatable bonds is 2. The molecule has 1 radical (unpaired) electrons. The molecule has 0 spiro atoms. The lowest BCUT2D eigenvalue weighted by atomic mass is 10.4. The maximum Gasteiger partial charge on any atom is 0.309 e. The summed E-state index contributed by atoms with van der Waals surface area (Å²) in [5.41, 5.74) is 0. The van der Waals surface area contributed by atoms with Crippen LogP contribution in [0.2, 0.25) is 0 Å². The first-order chi connectivity index (χ1) is 3.81.